The Labute approximate surface area is 403 Å². The lowest BCUT2D eigenvalue weighted by Crippen LogP contribution is -2.37. The van der Waals surface area contributed by atoms with Crippen LogP contribution in [0.2, 0.25) is 0 Å². The number of nitrogens with zero attached hydrogens (tertiary/aromatic N) is 3. The molecule has 1 aromatic carbocycles. The standard InChI is InChI=1S/C45H68N6O17S/c1-3-13-51(68-4-2)45(58)35-30-34-5-6-36(32-38(34)49-41(46)31-35)69(59,60)48-12-19-64-25-26-65-20-14-50(15-21-66-27-29-67-28-23-62-17-10-44(56)57)43(55)9-16-61-22-24-63-18-11-47-42(54)33-37-39(52)7-8-40(37)53/h5-8,30,32,37,48H,3-4,9-29,31,33H2,1-2H3,(H2,46,49)(H,47,54)(H,56,57). The van der Waals surface area contributed by atoms with Gasteiger partial charge in [0.1, 0.15) is 5.84 Å². The SMILES string of the molecule is CCCN(OCC)C(=O)C1=Cc2ccc(S(=O)(=O)NCCOCCOCCN(CCOCCOCCOCCC(=O)O)C(=O)CCOCCOCCNC(=O)CC3C(=O)C=CC3=O)cc2N=C(N)C1. The van der Waals surface area contributed by atoms with Gasteiger partial charge in [0.2, 0.25) is 21.8 Å². The first-order valence-corrected chi connectivity index (χ1v) is 24.4. The van der Waals surface area contributed by atoms with Crippen molar-refractivity contribution in [2.75, 3.05) is 132 Å². The number of nitrogens with two attached hydrogens (primary N) is 1. The molecule has 1 aromatic rings. The first-order valence-electron chi connectivity index (χ1n) is 22.9. The molecule has 0 atom stereocenters. The number of hydroxylamine groups is 2. The van der Waals surface area contributed by atoms with Gasteiger partial charge in [-0.1, -0.05) is 13.0 Å². The minimum absolute atomic E-state index is 0.0267. The van der Waals surface area contributed by atoms with Gasteiger partial charge in [0.15, 0.2) is 11.6 Å². The molecule has 2 aliphatic rings. The van der Waals surface area contributed by atoms with Gasteiger partial charge in [0.25, 0.3) is 5.91 Å². The van der Waals surface area contributed by atoms with Crippen molar-refractivity contribution in [3.63, 3.8) is 0 Å². The number of fused-ring (bicyclic) bond motifs is 1. The molecular formula is C45H68N6O17S. The summed E-state index contributed by atoms with van der Waals surface area (Å²) in [4.78, 5) is 83.6. The van der Waals surface area contributed by atoms with Gasteiger partial charge in [-0.2, -0.15) is 0 Å². The molecule has 5 N–H and O–H groups in total. The van der Waals surface area contributed by atoms with Crippen LogP contribution in [0.15, 0.2) is 45.8 Å². The number of carbonyl (C=O) groups excluding carboxylic acids is 5. The number of amidine groups is 1. The molecule has 3 rings (SSSR count). The number of ether oxygens (including phenoxy) is 7. The topological polar surface area (TPSA) is 300 Å². The van der Waals surface area contributed by atoms with E-state index in [1.807, 2.05) is 6.92 Å². The normalized spacial score (nSPS) is 13.8. The number of benzene rings is 1. The number of carboxylic acid groups (broad SMARTS) is 1. The van der Waals surface area contributed by atoms with Crippen LogP contribution in [0.4, 0.5) is 5.69 Å². The Morgan fingerprint density at radius 2 is 1.30 bits per heavy atom. The molecule has 0 aromatic heterocycles. The van der Waals surface area contributed by atoms with Crippen molar-refractivity contribution in [3.05, 3.63) is 41.5 Å². The maximum absolute atomic E-state index is 13.2. The van der Waals surface area contributed by atoms with E-state index in [1.165, 1.54) is 29.3 Å². The summed E-state index contributed by atoms with van der Waals surface area (Å²) in [6.45, 7) is 7.77. The third kappa shape index (κ3) is 23.4. The molecule has 1 heterocycles. The Balaban J connectivity index is 1.35. The second-order valence-corrected chi connectivity index (χ2v) is 17.0. The van der Waals surface area contributed by atoms with Crippen LogP contribution in [0.1, 0.15) is 51.5 Å². The van der Waals surface area contributed by atoms with Gasteiger partial charge in [-0.3, -0.25) is 33.6 Å². The smallest absolute Gasteiger partial charge is 0.305 e. The Bertz CT molecular complexity index is 1990. The monoisotopic (exact) mass is 996 g/mol. The molecule has 0 radical (unpaired) electrons. The fourth-order valence-corrected chi connectivity index (χ4v) is 7.41. The number of sulfonamides is 1. The highest BCUT2D eigenvalue weighted by molar-refractivity contribution is 7.89. The van der Waals surface area contributed by atoms with E-state index in [9.17, 15) is 37.2 Å². The second kappa shape index (κ2) is 33.5. The molecule has 0 bridgehead atoms. The summed E-state index contributed by atoms with van der Waals surface area (Å²) in [5.41, 5.74) is 7.34. The first-order chi connectivity index (χ1) is 33.2. The number of nitrogens with one attached hydrogen (secondary N) is 2. The van der Waals surface area contributed by atoms with E-state index >= 15 is 0 Å². The summed E-state index contributed by atoms with van der Waals surface area (Å²) < 4.78 is 67.3. The van der Waals surface area contributed by atoms with Crippen LogP contribution in [-0.4, -0.2) is 196 Å². The van der Waals surface area contributed by atoms with Gasteiger partial charge in [0.05, 0.1) is 128 Å². The molecule has 3 amide bonds. The van der Waals surface area contributed by atoms with Gasteiger partial charge >= 0.3 is 5.97 Å². The van der Waals surface area contributed by atoms with Crippen molar-refractivity contribution in [2.24, 2.45) is 16.6 Å². The maximum atomic E-state index is 13.2. The summed E-state index contributed by atoms with van der Waals surface area (Å²) >= 11 is 0. The summed E-state index contributed by atoms with van der Waals surface area (Å²) in [7, 11) is -3.95. The van der Waals surface area contributed by atoms with Crippen molar-refractivity contribution in [1.82, 2.24) is 20.0 Å². The van der Waals surface area contributed by atoms with E-state index in [0.29, 0.717) is 36.4 Å². The zero-order valence-corrected chi connectivity index (χ0v) is 40.3. The highest BCUT2D eigenvalue weighted by atomic mass is 32.2. The van der Waals surface area contributed by atoms with Crippen molar-refractivity contribution in [3.8, 4) is 0 Å². The average Bonchev–Trinajstić information content (AvgIpc) is 3.51. The number of amides is 3. The lowest BCUT2D eigenvalue weighted by atomic mass is 10.0. The highest BCUT2D eigenvalue weighted by Crippen LogP contribution is 2.30. The second-order valence-electron chi connectivity index (χ2n) is 15.2. The molecule has 0 unspecified atom stereocenters. The largest absolute Gasteiger partial charge is 0.481 e. The number of ketones is 2. The van der Waals surface area contributed by atoms with Crippen LogP contribution in [0.25, 0.3) is 6.08 Å². The number of aliphatic imine (C=N–C) groups is 1. The molecule has 0 saturated carbocycles. The molecule has 0 saturated heterocycles. The van der Waals surface area contributed by atoms with Crippen LogP contribution >= 0.6 is 0 Å². The molecule has 0 fully saturated rings. The molecule has 24 heteroatoms. The Hall–Kier alpha value is -5.02. The minimum atomic E-state index is -3.95. The molecule has 0 spiro atoms. The molecular weight excluding hydrogens is 929 g/mol. The van der Waals surface area contributed by atoms with E-state index in [4.69, 9.17) is 48.8 Å². The molecule has 23 nitrogen and oxygen atoms in total. The molecule has 1 aliphatic heterocycles. The zero-order valence-electron chi connectivity index (χ0n) is 39.5. The zero-order chi connectivity index (χ0) is 50.3. The lowest BCUT2D eigenvalue weighted by molar-refractivity contribution is -0.180. The van der Waals surface area contributed by atoms with Crippen LogP contribution in [-0.2, 0) is 76.8 Å². The van der Waals surface area contributed by atoms with Crippen LogP contribution in [0, 0.1) is 5.92 Å². The van der Waals surface area contributed by atoms with Crippen molar-refractivity contribution >= 4 is 62.9 Å². The number of aliphatic carboxylic acids is 1. The van der Waals surface area contributed by atoms with Crippen molar-refractivity contribution in [1.29, 1.82) is 0 Å². The van der Waals surface area contributed by atoms with Crippen LogP contribution in [0.5, 0.6) is 0 Å². The van der Waals surface area contributed by atoms with E-state index in [2.05, 4.69) is 15.0 Å². The number of carboxylic acids is 1. The lowest BCUT2D eigenvalue weighted by Gasteiger charge is -2.23. The predicted molar refractivity (Wildman–Crippen MR) is 249 cm³/mol. The Morgan fingerprint density at radius 3 is 1.88 bits per heavy atom. The Morgan fingerprint density at radius 1 is 0.754 bits per heavy atom. The third-order valence-electron chi connectivity index (χ3n) is 9.86. The number of hydrogen-bond donors (Lipinski definition) is 4. The van der Waals surface area contributed by atoms with Crippen molar-refractivity contribution in [2.45, 2.75) is 50.8 Å². The van der Waals surface area contributed by atoms with E-state index in [1.54, 1.807) is 24.0 Å². The number of carbonyl (C=O) groups is 6. The third-order valence-corrected chi connectivity index (χ3v) is 11.3. The van der Waals surface area contributed by atoms with Crippen LogP contribution in [0.3, 0.4) is 0 Å². The summed E-state index contributed by atoms with van der Waals surface area (Å²) in [6.07, 6.45) is 4.54. The number of allylic oxidation sites excluding steroid dienone is 2. The molecule has 1 aliphatic carbocycles. The molecule has 69 heavy (non-hydrogen) atoms. The predicted octanol–water partition coefficient (Wildman–Crippen LogP) is 0.571. The van der Waals surface area contributed by atoms with Gasteiger partial charge in [-0.15, -0.1) is 0 Å². The van der Waals surface area contributed by atoms with Gasteiger partial charge in [-0.05, 0) is 43.7 Å². The van der Waals surface area contributed by atoms with Crippen molar-refractivity contribution < 1.29 is 80.3 Å². The van der Waals surface area contributed by atoms with E-state index < -0.39 is 27.8 Å². The first kappa shape index (κ1) is 58.3. The Kier molecular flexibility index (Phi) is 28.3. The maximum Gasteiger partial charge on any atom is 0.305 e. The fourth-order valence-electron chi connectivity index (χ4n) is 6.38. The van der Waals surface area contributed by atoms with E-state index in [-0.39, 0.29) is 178 Å². The molecule has 386 valence electrons. The van der Waals surface area contributed by atoms with Crippen LogP contribution < -0.4 is 15.8 Å². The summed E-state index contributed by atoms with van der Waals surface area (Å²) in [6, 6.07) is 4.38. The van der Waals surface area contributed by atoms with E-state index in [0.717, 1.165) is 0 Å². The fraction of sp³-hybridized carbons (Fsp3) is 0.622. The minimum Gasteiger partial charge on any atom is -0.481 e. The number of rotatable bonds is 39. The number of hydrogen-bond acceptors (Lipinski definition) is 18. The van der Waals surface area contributed by atoms with Gasteiger partial charge in [0, 0.05) is 56.7 Å². The summed E-state index contributed by atoms with van der Waals surface area (Å²) in [5, 5.41) is 12.6. The quantitative estimate of drug-likeness (QED) is 0.0398. The average molecular weight is 997 g/mol. The van der Waals surface area contributed by atoms with Gasteiger partial charge in [-0.25, -0.2) is 23.2 Å². The highest BCUT2D eigenvalue weighted by Gasteiger charge is 2.30. The summed E-state index contributed by atoms with van der Waals surface area (Å²) in [5.74, 6) is -3.46. The van der Waals surface area contributed by atoms with Gasteiger partial charge < -0.3 is 54.2 Å².